The molecule has 0 saturated carbocycles. The highest BCUT2D eigenvalue weighted by Gasteiger charge is 2.47. The van der Waals surface area contributed by atoms with Crippen molar-refractivity contribution in [1.82, 2.24) is 25.8 Å². The summed E-state index contributed by atoms with van der Waals surface area (Å²) >= 11 is 0. The van der Waals surface area contributed by atoms with E-state index < -0.39 is 36.2 Å². The summed E-state index contributed by atoms with van der Waals surface area (Å²) in [7, 11) is 5.25. The van der Waals surface area contributed by atoms with Crippen LogP contribution in [0.2, 0.25) is 0 Å². The average molecular weight is 662 g/mol. The van der Waals surface area contributed by atoms with Crippen LogP contribution in [-0.4, -0.2) is 91.4 Å². The molecular formula is C37H51N5O6. The number of ether oxygens (including phenoxy) is 2. The molecule has 260 valence electrons. The molecule has 2 aliphatic heterocycles. The van der Waals surface area contributed by atoms with E-state index in [-0.39, 0.29) is 36.1 Å². The molecule has 3 N–H and O–H groups in total. The number of amides is 4. The third-order valence-corrected chi connectivity index (χ3v) is 9.64. The second kappa shape index (κ2) is 16.6. The third kappa shape index (κ3) is 8.55. The molecule has 7 atom stereocenters. The highest BCUT2D eigenvalue weighted by atomic mass is 16.5. The fourth-order valence-corrected chi connectivity index (χ4v) is 6.24. The van der Waals surface area contributed by atoms with Crippen LogP contribution in [0.25, 0.3) is 6.08 Å². The number of carbonyl (C=O) groups excluding carboxylic acids is 4. The van der Waals surface area contributed by atoms with Crippen LogP contribution >= 0.6 is 0 Å². The number of fused-ring (bicyclic) bond motifs is 3. The first-order chi connectivity index (χ1) is 23.0. The van der Waals surface area contributed by atoms with Crippen LogP contribution in [0.3, 0.4) is 0 Å². The van der Waals surface area contributed by atoms with Crippen LogP contribution in [-0.2, 0) is 25.6 Å². The molecule has 1 fully saturated rings. The summed E-state index contributed by atoms with van der Waals surface area (Å²) in [6.45, 7) is 7.99. The molecule has 4 amide bonds. The van der Waals surface area contributed by atoms with Gasteiger partial charge in [0.1, 0.15) is 35.7 Å². The van der Waals surface area contributed by atoms with Crippen molar-refractivity contribution in [3.63, 3.8) is 0 Å². The Kier molecular flexibility index (Phi) is 12.6. The zero-order chi connectivity index (χ0) is 35.0. The van der Waals surface area contributed by atoms with Gasteiger partial charge < -0.3 is 30.3 Å². The number of hydrogen-bond acceptors (Lipinski definition) is 7. The van der Waals surface area contributed by atoms with E-state index in [1.54, 1.807) is 31.4 Å². The lowest BCUT2D eigenvalue weighted by atomic mass is 9.95. The van der Waals surface area contributed by atoms with Gasteiger partial charge in [0.15, 0.2) is 0 Å². The molecular weight excluding hydrogens is 610 g/mol. The fraction of sp³-hybridized carbons (Fsp3) is 0.514. The van der Waals surface area contributed by atoms with Crippen molar-refractivity contribution in [2.75, 3.05) is 27.7 Å². The molecule has 0 spiro atoms. The maximum absolute atomic E-state index is 14.5. The van der Waals surface area contributed by atoms with E-state index >= 15 is 0 Å². The van der Waals surface area contributed by atoms with E-state index in [1.165, 1.54) is 11.1 Å². The predicted molar refractivity (Wildman–Crippen MR) is 185 cm³/mol. The maximum Gasteiger partial charge on any atom is 0.247 e. The van der Waals surface area contributed by atoms with Gasteiger partial charge in [0.05, 0.1) is 13.2 Å². The molecule has 2 heterocycles. The molecule has 2 aliphatic rings. The fourth-order valence-electron chi connectivity index (χ4n) is 6.24. The smallest absolute Gasteiger partial charge is 0.247 e. The van der Waals surface area contributed by atoms with E-state index in [2.05, 4.69) is 16.0 Å². The van der Waals surface area contributed by atoms with Crippen molar-refractivity contribution in [1.29, 1.82) is 0 Å². The first-order valence-electron chi connectivity index (χ1n) is 16.9. The molecule has 0 unspecified atom stereocenters. The molecule has 2 bridgehead atoms. The lowest BCUT2D eigenvalue weighted by molar-refractivity contribution is -0.145. The van der Waals surface area contributed by atoms with Gasteiger partial charge in [-0.2, -0.15) is 0 Å². The Morgan fingerprint density at radius 3 is 2.44 bits per heavy atom. The lowest BCUT2D eigenvalue weighted by Gasteiger charge is -2.35. The van der Waals surface area contributed by atoms with E-state index in [4.69, 9.17) is 9.47 Å². The van der Waals surface area contributed by atoms with E-state index in [0.717, 1.165) is 5.56 Å². The Bertz CT molecular complexity index is 1460. The normalized spacial score (nSPS) is 22.7. The monoisotopic (exact) mass is 661 g/mol. The molecule has 1 saturated heterocycles. The predicted octanol–water partition coefficient (Wildman–Crippen LogP) is 3.38. The van der Waals surface area contributed by atoms with Gasteiger partial charge in [-0.1, -0.05) is 70.9 Å². The average Bonchev–Trinajstić information content (AvgIpc) is 3.50. The largest absolute Gasteiger partial charge is 0.496 e. The van der Waals surface area contributed by atoms with Crippen molar-refractivity contribution in [3.05, 3.63) is 65.9 Å². The molecule has 11 nitrogen and oxygen atoms in total. The van der Waals surface area contributed by atoms with E-state index in [0.29, 0.717) is 42.7 Å². The Balaban J connectivity index is 1.68. The van der Waals surface area contributed by atoms with Crippen molar-refractivity contribution in [2.45, 2.75) is 83.6 Å². The second-order valence-electron chi connectivity index (χ2n) is 13.1. The standard InChI is InChI=1S/C37H51N5O6/c1-8-23(3)31-35(44)38-19-17-26-22-27(15-16-29(26)47-7)48-30-18-20-42(33(30)36(45)39-31)37(46)32(24(4)9-2)40-34(43)28(41(5)6)21-25-13-11-10-12-14-25/h10-17,19,22-24,28,30-33H,8-9,18,20-21H2,1-7H3,(H,38,44)(H,39,45)(H,40,43)/b19-17-/t23-,24-,28-,30-,31-,32-,33-/m0/s1. The zero-order valence-corrected chi connectivity index (χ0v) is 29.2. The van der Waals surface area contributed by atoms with Gasteiger partial charge in [0.2, 0.25) is 23.6 Å². The minimum Gasteiger partial charge on any atom is -0.496 e. The minimum absolute atomic E-state index is 0.187. The van der Waals surface area contributed by atoms with Gasteiger partial charge in [-0.15, -0.1) is 0 Å². The lowest BCUT2D eigenvalue weighted by Crippen LogP contribution is -2.61. The van der Waals surface area contributed by atoms with Crippen LogP contribution in [0.5, 0.6) is 11.5 Å². The van der Waals surface area contributed by atoms with Crippen molar-refractivity contribution >= 4 is 29.7 Å². The van der Waals surface area contributed by atoms with Crippen LogP contribution in [0.4, 0.5) is 0 Å². The van der Waals surface area contributed by atoms with E-state index in [9.17, 15) is 19.2 Å². The maximum atomic E-state index is 14.5. The topological polar surface area (TPSA) is 129 Å². The number of hydrogen-bond donors (Lipinski definition) is 3. The first-order valence-corrected chi connectivity index (χ1v) is 16.9. The molecule has 0 aliphatic carbocycles. The van der Waals surface area contributed by atoms with Gasteiger partial charge in [0.25, 0.3) is 0 Å². The molecule has 4 rings (SSSR count). The molecule has 11 heteroatoms. The highest BCUT2D eigenvalue weighted by molar-refractivity contribution is 5.96. The first kappa shape index (κ1) is 36.5. The number of nitrogens with one attached hydrogen (secondary N) is 3. The molecule has 2 aromatic rings. The molecule has 0 aromatic heterocycles. The summed E-state index contributed by atoms with van der Waals surface area (Å²) in [5.41, 5.74) is 1.69. The summed E-state index contributed by atoms with van der Waals surface area (Å²) in [5.74, 6) is -0.779. The van der Waals surface area contributed by atoms with Crippen LogP contribution in [0.15, 0.2) is 54.7 Å². The van der Waals surface area contributed by atoms with Gasteiger partial charge in [0, 0.05) is 24.7 Å². The van der Waals surface area contributed by atoms with Crippen molar-refractivity contribution in [2.24, 2.45) is 11.8 Å². The number of rotatable bonds is 11. The zero-order valence-electron chi connectivity index (χ0n) is 29.2. The molecule has 48 heavy (non-hydrogen) atoms. The quantitative estimate of drug-likeness (QED) is 0.337. The van der Waals surface area contributed by atoms with Crippen LogP contribution in [0.1, 0.15) is 58.1 Å². The number of likely N-dealkylation sites (N-methyl/N-ethyl adjacent to an activating group) is 1. The number of methoxy groups -OCH3 is 1. The number of carbonyl (C=O) groups is 4. The number of likely N-dealkylation sites (tertiary alicyclic amines) is 1. The minimum atomic E-state index is -1.03. The van der Waals surface area contributed by atoms with E-state index in [1.807, 2.05) is 77.0 Å². The van der Waals surface area contributed by atoms with Crippen LogP contribution < -0.4 is 25.4 Å². The summed E-state index contributed by atoms with van der Waals surface area (Å²) in [6, 6.07) is 11.8. The number of benzene rings is 2. The number of nitrogens with zero attached hydrogens (tertiary/aromatic N) is 2. The molecule has 2 aromatic carbocycles. The Hall–Kier alpha value is -4.38. The van der Waals surface area contributed by atoms with Gasteiger partial charge in [-0.05, 0) is 62.2 Å². The summed E-state index contributed by atoms with van der Waals surface area (Å²) in [4.78, 5) is 59.3. The van der Waals surface area contributed by atoms with Crippen LogP contribution in [0, 0.1) is 11.8 Å². The third-order valence-electron chi connectivity index (χ3n) is 9.64. The van der Waals surface area contributed by atoms with Crippen molar-refractivity contribution in [3.8, 4) is 11.5 Å². The Morgan fingerprint density at radius 2 is 1.79 bits per heavy atom. The van der Waals surface area contributed by atoms with Gasteiger partial charge in [-0.25, -0.2) is 0 Å². The SMILES string of the molecule is CC[C@H](C)[C@@H]1NC(=O)[C@@H]2[C@H](CCN2C(=O)[C@@H](NC(=O)[C@H](Cc2ccccc2)N(C)C)[C@@H](C)CC)Oc2ccc(OC)c(c2)/C=C\NC1=O. The highest BCUT2D eigenvalue weighted by Crippen LogP contribution is 2.31. The Labute approximate surface area is 284 Å². The molecule has 0 radical (unpaired) electrons. The Morgan fingerprint density at radius 1 is 1.06 bits per heavy atom. The summed E-state index contributed by atoms with van der Waals surface area (Å²) in [5, 5.41) is 8.81. The van der Waals surface area contributed by atoms with Crippen molar-refractivity contribution < 1.29 is 28.7 Å². The van der Waals surface area contributed by atoms with Gasteiger partial charge >= 0.3 is 0 Å². The summed E-state index contributed by atoms with van der Waals surface area (Å²) < 4.78 is 11.9. The second-order valence-corrected chi connectivity index (χ2v) is 13.1. The van der Waals surface area contributed by atoms with Gasteiger partial charge in [-0.3, -0.25) is 24.1 Å². The summed E-state index contributed by atoms with van der Waals surface area (Å²) in [6.07, 6.45) is 4.68.